The van der Waals surface area contributed by atoms with Gasteiger partial charge in [-0.05, 0) is 107 Å². The standard InChI is InChI=1S/C55H87NO15/c1-34-16-12-11-13-17-35(2)46(69-27-26-68-25-24-65-8)32-42-21-19-40(7)55(64,71-42)52(61)53(62)56-23-15-14-18-43(56)54(63)70-47(37(4)30-41-20-22-44(57)48(31-41)66-9)33-45(58)36(3)29-39(6)50(60)51(67-10)49(59)38(5)28-34/h11-13,16-17,29,34,36-38,40-44,46-48,50-51,57,60,64H,14-15,18-28,30-33H2,1-10H3/b13-11?,16-12+,35-17?,39-29+/t34?,36?,37?,38?,40?,41?,42-,43-,44?,46?,47?,48?,50?,51?,55?/m0/s1. The van der Waals surface area contributed by atoms with Crippen LogP contribution in [-0.2, 0) is 57.1 Å². The predicted octanol–water partition coefficient (Wildman–Crippen LogP) is 6.21. The summed E-state index contributed by atoms with van der Waals surface area (Å²) in [4.78, 5) is 72.4. The van der Waals surface area contributed by atoms with Crippen molar-refractivity contribution in [1.29, 1.82) is 0 Å². The number of carbonyl (C=O) groups is 5. The number of Topliss-reactive ketones (excluding diaryl/α,β-unsaturated/α-hetero) is 3. The highest BCUT2D eigenvalue weighted by atomic mass is 16.6. The zero-order valence-corrected chi connectivity index (χ0v) is 44.3. The molecule has 15 atom stereocenters. The van der Waals surface area contributed by atoms with E-state index in [4.69, 9.17) is 33.2 Å². The molecule has 0 aromatic heterocycles. The summed E-state index contributed by atoms with van der Waals surface area (Å²) in [6.07, 6.45) is 10.7. The molecule has 3 fully saturated rings. The van der Waals surface area contributed by atoms with Crippen molar-refractivity contribution in [2.75, 3.05) is 54.3 Å². The van der Waals surface area contributed by atoms with E-state index in [9.17, 15) is 39.3 Å². The Morgan fingerprint density at radius 2 is 1.56 bits per heavy atom. The number of methoxy groups -OCH3 is 3. The SMILES string of the molecule is COCCOCCOC1C[C@@H]2CCC(C)C(O)(O2)C(=O)C(=O)N2CCCC[C@H]2C(=O)OC(C(C)CC2CCC(O)C(OC)C2)CC(=O)C(C)/C=C(\C)C(O)C(OC)C(=O)C(C)CC(C)/C=C/C=CC=C1C. The van der Waals surface area contributed by atoms with Crippen molar-refractivity contribution < 1.29 is 72.5 Å². The normalized spacial score (nSPS) is 36.8. The molecule has 1 saturated carbocycles. The van der Waals surface area contributed by atoms with Gasteiger partial charge in [-0.15, -0.1) is 0 Å². The lowest BCUT2D eigenvalue weighted by atomic mass is 9.78. The van der Waals surface area contributed by atoms with Crippen molar-refractivity contribution in [2.45, 2.75) is 180 Å². The summed E-state index contributed by atoms with van der Waals surface area (Å²) in [5.41, 5.74) is 1.23. The Bertz CT molecular complexity index is 1860. The first-order valence-corrected chi connectivity index (χ1v) is 26.1. The molecule has 402 valence electrons. The zero-order chi connectivity index (χ0) is 52.4. The van der Waals surface area contributed by atoms with Crippen molar-refractivity contribution in [2.24, 2.45) is 35.5 Å². The highest BCUT2D eigenvalue weighted by molar-refractivity contribution is 6.39. The monoisotopic (exact) mass is 1000 g/mol. The number of hydrogen-bond donors (Lipinski definition) is 3. The van der Waals surface area contributed by atoms with Crippen LogP contribution in [0.4, 0.5) is 0 Å². The largest absolute Gasteiger partial charge is 0.460 e. The molecule has 16 nitrogen and oxygen atoms in total. The molecule has 3 aliphatic heterocycles. The van der Waals surface area contributed by atoms with Gasteiger partial charge in [0.1, 0.15) is 30.1 Å². The van der Waals surface area contributed by atoms with Gasteiger partial charge in [0.25, 0.3) is 11.7 Å². The van der Waals surface area contributed by atoms with Crippen molar-refractivity contribution >= 4 is 29.2 Å². The molecule has 16 heteroatoms. The van der Waals surface area contributed by atoms with Crippen LogP contribution in [-0.4, -0.2) is 158 Å². The maximum Gasteiger partial charge on any atom is 0.329 e. The molecule has 4 aliphatic rings. The average molecular weight is 1000 g/mol. The van der Waals surface area contributed by atoms with E-state index in [1.165, 1.54) is 12.0 Å². The van der Waals surface area contributed by atoms with Crippen molar-refractivity contribution in [3.63, 3.8) is 0 Å². The molecule has 4 rings (SSSR count). The number of aliphatic hydroxyl groups is 3. The maximum atomic E-state index is 14.5. The third kappa shape index (κ3) is 17.3. The molecule has 71 heavy (non-hydrogen) atoms. The number of amides is 1. The van der Waals surface area contributed by atoms with Crippen molar-refractivity contribution in [3.8, 4) is 0 Å². The number of piperidine rings is 1. The lowest BCUT2D eigenvalue weighted by Crippen LogP contribution is -2.61. The minimum atomic E-state index is -2.47. The van der Waals surface area contributed by atoms with Gasteiger partial charge in [-0.2, -0.15) is 0 Å². The number of carbonyl (C=O) groups excluding carboxylic acids is 5. The van der Waals surface area contributed by atoms with Gasteiger partial charge < -0.3 is 53.4 Å². The highest BCUT2D eigenvalue weighted by Gasteiger charge is 2.53. The van der Waals surface area contributed by atoms with E-state index in [2.05, 4.69) is 0 Å². The van der Waals surface area contributed by atoms with E-state index in [0.29, 0.717) is 83.2 Å². The predicted molar refractivity (Wildman–Crippen MR) is 267 cm³/mol. The number of ketones is 3. The number of allylic oxidation sites excluding steroid dienone is 6. The topological polar surface area (TPSA) is 214 Å². The molecule has 1 amide bonds. The van der Waals surface area contributed by atoms with Crippen LogP contribution in [0.15, 0.2) is 47.6 Å². The van der Waals surface area contributed by atoms with Crippen LogP contribution in [0.2, 0.25) is 0 Å². The van der Waals surface area contributed by atoms with Gasteiger partial charge in [0.15, 0.2) is 5.78 Å². The molecule has 13 unspecified atom stereocenters. The summed E-state index contributed by atoms with van der Waals surface area (Å²) in [6, 6.07) is -1.16. The van der Waals surface area contributed by atoms with E-state index in [1.54, 1.807) is 41.1 Å². The van der Waals surface area contributed by atoms with E-state index < -0.39 is 83.9 Å². The summed E-state index contributed by atoms with van der Waals surface area (Å²) >= 11 is 0. The summed E-state index contributed by atoms with van der Waals surface area (Å²) in [5, 5.41) is 34.1. The van der Waals surface area contributed by atoms with E-state index in [1.807, 2.05) is 58.1 Å². The zero-order valence-electron chi connectivity index (χ0n) is 44.3. The minimum Gasteiger partial charge on any atom is -0.460 e. The van der Waals surface area contributed by atoms with Crippen molar-refractivity contribution in [1.82, 2.24) is 4.90 Å². The summed E-state index contributed by atoms with van der Waals surface area (Å²) in [6.45, 7) is 14.1. The molecular formula is C55H87NO15. The Morgan fingerprint density at radius 1 is 0.831 bits per heavy atom. The maximum absolute atomic E-state index is 14.5. The fourth-order valence-electron chi connectivity index (χ4n) is 10.5. The first kappa shape index (κ1) is 60.1. The van der Waals surface area contributed by atoms with E-state index in [0.717, 1.165) is 5.57 Å². The molecule has 2 bridgehead atoms. The van der Waals surface area contributed by atoms with Gasteiger partial charge in [-0.3, -0.25) is 19.2 Å². The minimum absolute atomic E-state index is 0.00618. The second kappa shape index (κ2) is 29.4. The number of cyclic esters (lactones) is 1. The number of esters is 1. The number of fused-ring (bicyclic) bond motifs is 3. The molecule has 0 aromatic rings. The third-order valence-corrected chi connectivity index (χ3v) is 15.2. The van der Waals surface area contributed by atoms with Crippen LogP contribution in [0.5, 0.6) is 0 Å². The van der Waals surface area contributed by atoms with Gasteiger partial charge >= 0.3 is 5.97 Å². The van der Waals surface area contributed by atoms with E-state index in [-0.39, 0.29) is 67.8 Å². The lowest BCUT2D eigenvalue weighted by Gasteiger charge is -2.43. The Morgan fingerprint density at radius 3 is 2.27 bits per heavy atom. The Labute approximate surface area is 422 Å². The molecule has 0 spiro atoms. The van der Waals surface area contributed by atoms with Crippen LogP contribution in [0.1, 0.15) is 126 Å². The van der Waals surface area contributed by atoms with Gasteiger partial charge in [0.2, 0.25) is 5.79 Å². The second-order valence-corrected chi connectivity index (χ2v) is 20.8. The number of aliphatic hydroxyl groups excluding tert-OH is 2. The van der Waals surface area contributed by atoms with Crippen LogP contribution >= 0.6 is 0 Å². The third-order valence-electron chi connectivity index (χ3n) is 15.2. The molecule has 3 heterocycles. The average Bonchev–Trinajstić information content (AvgIpc) is 3.34. The number of hydrogen-bond acceptors (Lipinski definition) is 15. The summed E-state index contributed by atoms with van der Waals surface area (Å²) in [7, 11) is 4.54. The summed E-state index contributed by atoms with van der Waals surface area (Å²) in [5.74, 6) is -8.18. The fourth-order valence-corrected chi connectivity index (χ4v) is 10.5. The Kier molecular flexibility index (Phi) is 24.9. The van der Waals surface area contributed by atoms with Crippen LogP contribution in [0.3, 0.4) is 0 Å². The second-order valence-electron chi connectivity index (χ2n) is 20.8. The highest BCUT2D eigenvalue weighted by Crippen LogP contribution is 2.38. The first-order valence-electron chi connectivity index (χ1n) is 26.1. The van der Waals surface area contributed by atoms with Crippen LogP contribution in [0, 0.1) is 35.5 Å². The first-order chi connectivity index (χ1) is 33.7. The van der Waals surface area contributed by atoms with Gasteiger partial charge in [0, 0.05) is 58.5 Å². The summed E-state index contributed by atoms with van der Waals surface area (Å²) < 4.78 is 40.8. The Balaban J connectivity index is 1.71. The molecule has 0 aromatic carbocycles. The molecular weight excluding hydrogens is 915 g/mol. The molecule has 1 aliphatic carbocycles. The number of nitrogens with zero attached hydrogens (tertiary/aromatic N) is 1. The van der Waals surface area contributed by atoms with Crippen LogP contribution in [0.25, 0.3) is 0 Å². The Hall–Kier alpha value is -3.45. The molecule has 2 saturated heterocycles. The fraction of sp³-hybridized carbons (Fsp3) is 0.764. The van der Waals surface area contributed by atoms with Gasteiger partial charge in [0.05, 0.1) is 50.8 Å². The van der Waals surface area contributed by atoms with Crippen LogP contribution < -0.4 is 0 Å². The quantitative estimate of drug-likeness (QED) is 0.0858. The lowest BCUT2D eigenvalue weighted by molar-refractivity contribution is -0.266. The molecule has 0 radical (unpaired) electrons. The number of rotatable bonds is 12. The molecule has 3 N–H and O–H groups in total. The van der Waals surface area contributed by atoms with Crippen molar-refractivity contribution in [3.05, 3.63) is 47.6 Å². The van der Waals surface area contributed by atoms with Gasteiger partial charge in [-0.25, -0.2) is 4.79 Å². The number of ether oxygens (including phenoxy) is 7. The van der Waals surface area contributed by atoms with E-state index >= 15 is 0 Å². The smallest absolute Gasteiger partial charge is 0.329 e. The van der Waals surface area contributed by atoms with Gasteiger partial charge in [-0.1, -0.05) is 71.1 Å².